The average Bonchev–Trinajstić information content (AvgIpc) is 2.25. The summed E-state index contributed by atoms with van der Waals surface area (Å²) in [4.78, 5) is 11.1. The SMILES string of the molecule is C=CCC(=O)NCCOc1cccc(N)c1. The van der Waals surface area contributed by atoms with Crippen molar-refractivity contribution in [1.82, 2.24) is 5.32 Å². The van der Waals surface area contributed by atoms with E-state index in [9.17, 15) is 4.79 Å². The number of hydrogen-bond acceptors (Lipinski definition) is 3. The topological polar surface area (TPSA) is 64.3 Å². The number of nitrogens with one attached hydrogen (secondary N) is 1. The van der Waals surface area contributed by atoms with Crippen molar-refractivity contribution in [2.24, 2.45) is 0 Å². The van der Waals surface area contributed by atoms with E-state index in [-0.39, 0.29) is 5.91 Å². The van der Waals surface area contributed by atoms with E-state index in [4.69, 9.17) is 10.5 Å². The molecule has 4 nitrogen and oxygen atoms in total. The number of amides is 1. The van der Waals surface area contributed by atoms with Gasteiger partial charge in [0.2, 0.25) is 5.91 Å². The molecule has 0 aliphatic carbocycles. The molecule has 0 radical (unpaired) electrons. The Morgan fingerprint density at radius 2 is 2.38 bits per heavy atom. The van der Waals surface area contributed by atoms with Gasteiger partial charge in [0.25, 0.3) is 0 Å². The maximum Gasteiger partial charge on any atom is 0.223 e. The molecular weight excluding hydrogens is 204 g/mol. The van der Waals surface area contributed by atoms with Crippen molar-refractivity contribution >= 4 is 11.6 Å². The molecule has 0 aliphatic rings. The summed E-state index contributed by atoms with van der Waals surface area (Å²) < 4.78 is 5.39. The first-order valence-corrected chi connectivity index (χ1v) is 5.08. The van der Waals surface area contributed by atoms with E-state index >= 15 is 0 Å². The molecule has 1 aromatic rings. The summed E-state index contributed by atoms with van der Waals surface area (Å²) in [6, 6.07) is 7.17. The van der Waals surface area contributed by atoms with Crippen LogP contribution in [0.1, 0.15) is 6.42 Å². The first-order valence-electron chi connectivity index (χ1n) is 5.08. The molecule has 0 aliphatic heterocycles. The molecule has 0 saturated heterocycles. The van der Waals surface area contributed by atoms with Gasteiger partial charge in [-0.3, -0.25) is 4.79 Å². The van der Waals surface area contributed by atoms with E-state index in [1.165, 1.54) is 0 Å². The number of benzene rings is 1. The molecule has 0 heterocycles. The van der Waals surface area contributed by atoms with Crippen LogP contribution in [0.5, 0.6) is 5.75 Å². The maximum atomic E-state index is 11.1. The van der Waals surface area contributed by atoms with Gasteiger partial charge in [-0.1, -0.05) is 12.1 Å². The molecule has 86 valence electrons. The van der Waals surface area contributed by atoms with Gasteiger partial charge in [-0.25, -0.2) is 0 Å². The van der Waals surface area contributed by atoms with Crippen molar-refractivity contribution in [3.63, 3.8) is 0 Å². The minimum atomic E-state index is -0.0498. The molecule has 0 saturated carbocycles. The molecule has 4 heteroatoms. The van der Waals surface area contributed by atoms with Crippen LogP contribution in [0.3, 0.4) is 0 Å². The summed E-state index contributed by atoms with van der Waals surface area (Å²) in [6.45, 7) is 4.38. The van der Waals surface area contributed by atoms with Crippen molar-refractivity contribution < 1.29 is 9.53 Å². The summed E-state index contributed by atoms with van der Waals surface area (Å²) in [7, 11) is 0. The smallest absolute Gasteiger partial charge is 0.223 e. The van der Waals surface area contributed by atoms with Gasteiger partial charge < -0.3 is 15.8 Å². The molecule has 1 amide bonds. The standard InChI is InChI=1S/C12H16N2O2/c1-2-4-12(15)14-7-8-16-11-6-3-5-10(13)9-11/h2-3,5-6,9H,1,4,7-8,13H2,(H,14,15). The summed E-state index contributed by atoms with van der Waals surface area (Å²) in [5.74, 6) is 0.657. The van der Waals surface area contributed by atoms with Gasteiger partial charge in [0.15, 0.2) is 0 Å². The van der Waals surface area contributed by atoms with Gasteiger partial charge in [0, 0.05) is 18.2 Å². The predicted molar refractivity (Wildman–Crippen MR) is 64.2 cm³/mol. The van der Waals surface area contributed by atoms with Crippen molar-refractivity contribution in [3.05, 3.63) is 36.9 Å². The molecule has 1 rings (SSSR count). The van der Waals surface area contributed by atoms with Crippen molar-refractivity contribution in [3.8, 4) is 5.75 Å². The summed E-state index contributed by atoms with van der Waals surface area (Å²) in [5, 5.41) is 2.70. The fourth-order valence-corrected chi connectivity index (χ4v) is 1.17. The van der Waals surface area contributed by atoms with Gasteiger partial charge in [0.05, 0.1) is 6.54 Å². The molecule has 0 unspecified atom stereocenters. The molecule has 0 spiro atoms. The fourth-order valence-electron chi connectivity index (χ4n) is 1.17. The largest absolute Gasteiger partial charge is 0.492 e. The highest BCUT2D eigenvalue weighted by Crippen LogP contribution is 2.13. The molecule has 0 atom stereocenters. The highest BCUT2D eigenvalue weighted by atomic mass is 16.5. The van der Waals surface area contributed by atoms with Crippen LogP contribution >= 0.6 is 0 Å². The number of carbonyl (C=O) groups is 1. The minimum absolute atomic E-state index is 0.0498. The monoisotopic (exact) mass is 220 g/mol. The second-order valence-electron chi connectivity index (χ2n) is 3.26. The predicted octanol–water partition coefficient (Wildman–Crippen LogP) is 1.34. The molecule has 0 aromatic heterocycles. The number of ether oxygens (including phenoxy) is 1. The lowest BCUT2D eigenvalue weighted by Gasteiger charge is -2.07. The number of hydrogen-bond donors (Lipinski definition) is 2. The highest BCUT2D eigenvalue weighted by Gasteiger charge is 1.97. The maximum absolute atomic E-state index is 11.1. The zero-order chi connectivity index (χ0) is 11.8. The lowest BCUT2D eigenvalue weighted by molar-refractivity contribution is -0.120. The van der Waals surface area contributed by atoms with Crippen LogP contribution < -0.4 is 15.8 Å². The number of nitrogens with two attached hydrogens (primary N) is 1. The zero-order valence-corrected chi connectivity index (χ0v) is 9.11. The Morgan fingerprint density at radius 1 is 1.56 bits per heavy atom. The number of carbonyl (C=O) groups excluding carboxylic acids is 1. The van der Waals surface area contributed by atoms with Crippen LogP contribution in [0.15, 0.2) is 36.9 Å². The van der Waals surface area contributed by atoms with Crippen LogP contribution in [0.4, 0.5) is 5.69 Å². The average molecular weight is 220 g/mol. The Kier molecular flexibility index (Phi) is 4.92. The van der Waals surface area contributed by atoms with Gasteiger partial charge in [-0.15, -0.1) is 6.58 Å². The van der Waals surface area contributed by atoms with E-state index in [1.807, 2.05) is 12.1 Å². The van der Waals surface area contributed by atoms with Gasteiger partial charge in [-0.05, 0) is 12.1 Å². The fraction of sp³-hybridized carbons (Fsp3) is 0.250. The third-order valence-electron chi connectivity index (χ3n) is 1.88. The summed E-state index contributed by atoms with van der Waals surface area (Å²) in [6.07, 6.45) is 1.90. The van der Waals surface area contributed by atoms with Crippen LogP contribution in [0, 0.1) is 0 Å². The first kappa shape index (κ1) is 12.1. The minimum Gasteiger partial charge on any atom is -0.492 e. The third-order valence-corrected chi connectivity index (χ3v) is 1.88. The van der Waals surface area contributed by atoms with Crippen LogP contribution in [-0.2, 0) is 4.79 Å². The van der Waals surface area contributed by atoms with E-state index < -0.39 is 0 Å². The molecule has 16 heavy (non-hydrogen) atoms. The molecule has 3 N–H and O–H groups in total. The molecule has 0 fully saturated rings. The number of nitrogen functional groups attached to an aromatic ring is 1. The molecule has 1 aromatic carbocycles. The van der Waals surface area contributed by atoms with E-state index in [0.717, 1.165) is 0 Å². The lowest BCUT2D eigenvalue weighted by Crippen LogP contribution is -2.27. The van der Waals surface area contributed by atoms with E-state index in [2.05, 4.69) is 11.9 Å². The Balaban J connectivity index is 2.21. The molecular formula is C12H16N2O2. The number of anilines is 1. The van der Waals surface area contributed by atoms with Crippen molar-refractivity contribution in [2.75, 3.05) is 18.9 Å². The Morgan fingerprint density at radius 3 is 3.06 bits per heavy atom. The second-order valence-corrected chi connectivity index (χ2v) is 3.26. The van der Waals surface area contributed by atoms with E-state index in [1.54, 1.807) is 18.2 Å². The third kappa shape index (κ3) is 4.50. The summed E-state index contributed by atoms with van der Waals surface area (Å²) >= 11 is 0. The van der Waals surface area contributed by atoms with Gasteiger partial charge >= 0.3 is 0 Å². The number of rotatable bonds is 6. The normalized spacial score (nSPS) is 9.50. The zero-order valence-electron chi connectivity index (χ0n) is 9.11. The first-order chi connectivity index (χ1) is 7.72. The Bertz CT molecular complexity index is 364. The van der Waals surface area contributed by atoms with Crippen molar-refractivity contribution in [1.29, 1.82) is 0 Å². The summed E-state index contributed by atoms with van der Waals surface area (Å²) in [5.41, 5.74) is 6.25. The van der Waals surface area contributed by atoms with Crippen LogP contribution in [0.25, 0.3) is 0 Å². The van der Waals surface area contributed by atoms with E-state index in [0.29, 0.717) is 31.0 Å². The van der Waals surface area contributed by atoms with Gasteiger partial charge in [0.1, 0.15) is 12.4 Å². The highest BCUT2D eigenvalue weighted by molar-refractivity contribution is 5.77. The van der Waals surface area contributed by atoms with Gasteiger partial charge in [-0.2, -0.15) is 0 Å². The Hall–Kier alpha value is -1.97. The molecule has 0 bridgehead atoms. The van der Waals surface area contributed by atoms with Crippen LogP contribution in [-0.4, -0.2) is 19.1 Å². The lowest BCUT2D eigenvalue weighted by atomic mass is 10.3. The van der Waals surface area contributed by atoms with Crippen LogP contribution in [0.2, 0.25) is 0 Å². The Labute approximate surface area is 95.1 Å². The quantitative estimate of drug-likeness (QED) is 0.432. The second kappa shape index (κ2) is 6.50. The van der Waals surface area contributed by atoms with Crippen molar-refractivity contribution in [2.45, 2.75) is 6.42 Å².